The number of allylic oxidation sites excluding steroid dienone is 1. The Kier molecular flexibility index (Phi) is 6.16. The van der Waals surface area contributed by atoms with Crippen molar-refractivity contribution >= 4 is 23.6 Å². The zero-order chi connectivity index (χ0) is 18.4. The van der Waals surface area contributed by atoms with Crippen LogP contribution in [0.3, 0.4) is 0 Å². The number of urea groups is 1. The molecule has 0 unspecified atom stereocenters. The maximum atomic E-state index is 12.5. The second-order valence-electron chi connectivity index (χ2n) is 5.70. The van der Waals surface area contributed by atoms with Crippen molar-refractivity contribution in [1.29, 1.82) is 0 Å². The van der Waals surface area contributed by atoms with Crippen LogP contribution in [0.1, 0.15) is 45.2 Å². The summed E-state index contributed by atoms with van der Waals surface area (Å²) in [6.07, 6.45) is 1.36. The average molecular weight is 345 g/mol. The van der Waals surface area contributed by atoms with E-state index in [1.54, 1.807) is 31.2 Å². The maximum absolute atomic E-state index is 12.5. The molecule has 0 saturated carbocycles. The van der Waals surface area contributed by atoms with Crippen molar-refractivity contribution in [1.82, 2.24) is 10.6 Å². The van der Waals surface area contributed by atoms with Crippen LogP contribution in [0.15, 0.2) is 35.5 Å². The van der Waals surface area contributed by atoms with Gasteiger partial charge in [-0.1, -0.05) is 25.5 Å². The van der Waals surface area contributed by atoms with E-state index in [0.717, 1.165) is 12.0 Å². The van der Waals surface area contributed by atoms with Gasteiger partial charge in [0.25, 0.3) is 0 Å². The van der Waals surface area contributed by atoms with E-state index in [1.165, 1.54) is 6.92 Å². The predicted molar refractivity (Wildman–Crippen MR) is 93.7 cm³/mol. The average Bonchev–Trinajstić information content (AvgIpc) is 2.55. The van der Waals surface area contributed by atoms with Crippen molar-refractivity contribution in [2.45, 2.75) is 39.7 Å². The molecule has 3 N–H and O–H groups in total. The van der Waals surface area contributed by atoms with Crippen LogP contribution < -0.4 is 16.0 Å². The molecule has 2 rings (SSSR count). The van der Waals surface area contributed by atoms with E-state index in [4.69, 9.17) is 4.74 Å². The third-order valence-electron chi connectivity index (χ3n) is 3.71. The van der Waals surface area contributed by atoms with Gasteiger partial charge in [-0.15, -0.1) is 0 Å². The molecule has 0 spiro atoms. The summed E-state index contributed by atoms with van der Waals surface area (Å²) < 4.78 is 5.18. The number of ether oxygens (including phenoxy) is 1. The molecule has 1 aliphatic rings. The summed E-state index contributed by atoms with van der Waals surface area (Å²) >= 11 is 0. The third kappa shape index (κ3) is 4.59. The minimum absolute atomic E-state index is 0.166. The summed E-state index contributed by atoms with van der Waals surface area (Å²) in [7, 11) is 0. The highest BCUT2D eigenvalue weighted by molar-refractivity contribution is 5.95. The monoisotopic (exact) mass is 345 g/mol. The lowest BCUT2D eigenvalue weighted by Gasteiger charge is -2.29. The minimum atomic E-state index is -0.597. The van der Waals surface area contributed by atoms with Crippen molar-refractivity contribution in [2.75, 3.05) is 11.9 Å². The zero-order valence-corrected chi connectivity index (χ0v) is 14.6. The van der Waals surface area contributed by atoms with Gasteiger partial charge in [-0.2, -0.15) is 0 Å². The van der Waals surface area contributed by atoms with Gasteiger partial charge in [-0.05, 0) is 31.0 Å². The molecule has 1 heterocycles. The molecule has 7 nitrogen and oxygen atoms in total. The molecule has 1 atom stereocenters. The Bertz CT molecular complexity index is 695. The van der Waals surface area contributed by atoms with Gasteiger partial charge < -0.3 is 20.7 Å². The summed E-state index contributed by atoms with van der Waals surface area (Å²) in [6, 6.07) is 6.04. The Labute approximate surface area is 146 Å². The van der Waals surface area contributed by atoms with Gasteiger partial charge in [-0.25, -0.2) is 9.59 Å². The summed E-state index contributed by atoms with van der Waals surface area (Å²) in [4.78, 5) is 35.6. The fourth-order valence-electron chi connectivity index (χ4n) is 2.73. The second kappa shape index (κ2) is 8.32. The summed E-state index contributed by atoms with van der Waals surface area (Å²) in [6.45, 7) is 5.40. The van der Waals surface area contributed by atoms with Gasteiger partial charge in [-0.3, -0.25) is 4.79 Å². The first kappa shape index (κ1) is 18.5. The molecule has 134 valence electrons. The van der Waals surface area contributed by atoms with Crippen LogP contribution in [-0.2, 0) is 14.3 Å². The Balaban J connectivity index is 2.40. The van der Waals surface area contributed by atoms with Crippen molar-refractivity contribution in [2.24, 2.45) is 0 Å². The van der Waals surface area contributed by atoms with Crippen LogP contribution in [0.2, 0.25) is 0 Å². The van der Waals surface area contributed by atoms with Crippen LogP contribution in [0.5, 0.6) is 0 Å². The van der Waals surface area contributed by atoms with Crippen LogP contribution in [-0.4, -0.2) is 24.5 Å². The quantitative estimate of drug-likeness (QED) is 0.691. The molecular weight excluding hydrogens is 322 g/mol. The minimum Gasteiger partial charge on any atom is -0.463 e. The predicted octanol–water partition coefficient (Wildman–Crippen LogP) is 2.62. The number of carbonyl (C=O) groups is 3. The summed E-state index contributed by atoms with van der Waals surface area (Å²) in [5.74, 6) is -0.616. The number of nitrogens with one attached hydrogen (secondary N) is 3. The maximum Gasteiger partial charge on any atom is 0.338 e. The highest BCUT2D eigenvalue weighted by Crippen LogP contribution is 2.30. The van der Waals surface area contributed by atoms with E-state index < -0.39 is 12.0 Å². The number of anilines is 1. The number of benzene rings is 1. The lowest BCUT2D eigenvalue weighted by Crippen LogP contribution is -2.46. The largest absolute Gasteiger partial charge is 0.463 e. The highest BCUT2D eigenvalue weighted by Gasteiger charge is 2.33. The van der Waals surface area contributed by atoms with Gasteiger partial charge in [0.15, 0.2) is 0 Å². The number of hydrogen-bond acceptors (Lipinski definition) is 4. The lowest BCUT2D eigenvalue weighted by molar-refractivity contribution is -0.139. The van der Waals surface area contributed by atoms with E-state index in [9.17, 15) is 14.4 Å². The van der Waals surface area contributed by atoms with Gasteiger partial charge >= 0.3 is 12.0 Å². The van der Waals surface area contributed by atoms with Gasteiger partial charge in [0.1, 0.15) is 0 Å². The van der Waals surface area contributed by atoms with E-state index >= 15 is 0 Å². The summed E-state index contributed by atoms with van der Waals surface area (Å²) in [5.41, 5.74) is 2.38. The van der Waals surface area contributed by atoms with Crippen molar-refractivity contribution in [3.8, 4) is 0 Å². The molecular formula is C18H23N3O4. The van der Waals surface area contributed by atoms with Crippen molar-refractivity contribution in [3.05, 3.63) is 41.1 Å². The first-order chi connectivity index (χ1) is 12.0. The first-order valence-electron chi connectivity index (χ1n) is 8.31. The fourth-order valence-corrected chi connectivity index (χ4v) is 2.73. The van der Waals surface area contributed by atoms with Crippen LogP contribution in [0.4, 0.5) is 10.5 Å². The van der Waals surface area contributed by atoms with Gasteiger partial charge in [0.2, 0.25) is 5.91 Å². The normalized spacial score (nSPS) is 16.8. The Morgan fingerprint density at radius 2 is 1.88 bits per heavy atom. The van der Waals surface area contributed by atoms with Crippen molar-refractivity contribution < 1.29 is 19.1 Å². The zero-order valence-electron chi connectivity index (χ0n) is 14.6. The highest BCUT2D eigenvalue weighted by atomic mass is 16.5. The Hall–Kier alpha value is -2.83. The molecule has 0 radical (unpaired) electrons. The van der Waals surface area contributed by atoms with E-state index in [0.29, 0.717) is 23.4 Å². The molecule has 1 aromatic rings. The first-order valence-corrected chi connectivity index (χ1v) is 8.31. The van der Waals surface area contributed by atoms with Crippen LogP contribution >= 0.6 is 0 Å². The fraction of sp³-hybridized carbons (Fsp3) is 0.389. The Morgan fingerprint density at radius 3 is 2.44 bits per heavy atom. The number of rotatable bonds is 6. The van der Waals surface area contributed by atoms with Crippen LogP contribution in [0.25, 0.3) is 0 Å². The van der Waals surface area contributed by atoms with E-state index in [1.807, 2.05) is 6.92 Å². The Morgan fingerprint density at radius 1 is 1.20 bits per heavy atom. The van der Waals surface area contributed by atoms with E-state index in [2.05, 4.69) is 16.0 Å². The molecule has 3 amide bonds. The van der Waals surface area contributed by atoms with E-state index in [-0.39, 0.29) is 18.5 Å². The lowest BCUT2D eigenvalue weighted by atomic mass is 9.93. The van der Waals surface area contributed by atoms with Crippen LogP contribution in [0, 0.1) is 0 Å². The molecule has 0 fully saturated rings. The van der Waals surface area contributed by atoms with Crippen molar-refractivity contribution in [3.63, 3.8) is 0 Å². The standard InChI is InChI=1S/C18H23N3O4/c1-4-6-14-15(17(23)25-5-2)16(21-18(24)20-14)12-7-9-13(10-8-12)19-11(3)22/h7-10,16H,4-6H2,1-3H3,(H,19,22)(H2,20,21,24)/t16-/m1/s1. The molecule has 1 aliphatic heterocycles. The number of esters is 1. The topological polar surface area (TPSA) is 96.5 Å². The molecule has 0 saturated heterocycles. The second-order valence-corrected chi connectivity index (χ2v) is 5.70. The third-order valence-corrected chi connectivity index (χ3v) is 3.71. The number of hydrogen-bond donors (Lipinski definition) is 3. The summed E-state index contributed by atoms with van der Waals surface area (Å²) in [5, 5.41) is 8.18. The molecule has 25 heavy (non-hydrogen) atoms. The molecule has 0 bridgehead atoms. The smallest absolute Gasteiger partial charge is 0.338 e. The molecule has 0 aromatic heterocycles. The van der Waals surface area contributed by atoms with Gasteiger partial charge in [0.05, 0.1) is 18.2 Å². The number of amides is 3. The SMILES string of the molecule is CCCC1=C(C(=O)OCC)[C@@H](c2ccc(NC(C)=O)cc2)NC(=O)N1. The molecule has 1 aromatic carbocycles. The molecule has 0 aliphatic carbocycles. The van der Waals surface area contributed by atoms with Gasteiger partial charge in [0, 0.05) is 18.3 Å². The molecule has 7 heteroatoms. The number of carbonyl (C=O) groups excluding carboxylic acids is 3.